The smallest absolute Gasteiger partial charge is 0.129 e. The molecule has 0 spiro atoms. The third-order valence-corrected chi connectivity index (χ3v) is 3.40. The summed E-state index contributed by atoms with van der Waals surface area (Å²) in [5.41, 5.74) is 3.04. The summed E-state index contributed by atoms with van der Waals surface area (Å²) in [5, 5.41) is 0. The van der Waals surface area contributed by atoms with E-state index in [1.165, 1.54) is 18.2 Å². The molecule has 0 saturated heterocycles. The summed E-state index contributed by atoms with van der Waals surface area (Å²) >= 11 is 0. The zero-order chi connectivity index (χ0) is 15.3. The van der Waals surface area contributed by atoms with E-state index in [1.54, 1.807) is 0 Å². The Hall–Kier alpha value is -1.00. The van der Waals surface area contributed by atoms with Crippen LogP contribution in [-0.4, -0.2) is 6.04 Å². The van der Waals surface area contributed by atoms with E-state index in [1.807, 2.05) is 0 Å². The molecule has 0 amide bonds. The number of hydrogen-bond donors (Lipinski definition) is 2. The summed E-state index contributed by atoms with van der Waals surface area (Å²) in [6, 6.07) is 3.81. The van der Waals surface area contributed by atoms with Crippen molar-refractivity contribution >= 4 is 0 Å². The number of halogens is 2. The van der Waals surface area contributed by atoms with Crippen molar-refractivity contribution in [3.05, 3.63) is 35.4 Å². The van der Waals surface area contributed by atoms with Gasteiger partial charge in [-0.15, -0.1) is 0 Å². The summed E-state index contributed by atoms with van der Waals surface area (Å²) in [6.07, 6.45) is 2.11. The maximum Gasteiger partial charge on any atom is 0.129 e. The lowest BCUT2D eigenvalue weighted by atomic mass is 9.82. The second-order valence-corrected chi connectivity index (χ2v) is 6.87. The normalized spacial score (nSPS) is 15.2. The molecule has 0 aliphatic rings. The second-order valence-electron chi connectivity index (χ2n) is 6.87. The number of nitrogens with two attached hydrogens (primary N) is 1. The molecule has 114 valence electrons. The summed E-state index contributed by atoms with van der Waals surface area (Å²) in [6.45, 7) is 8.70. The number of benzene rings is 1. The average molecular weight is 284 g/mol. The molecule has 1 aromatic rings. The quantitative estimate of drug-likeness (QED) is 0.616. The first kappa shape index (κ1) is 17.1. The molecule has 1 aromatic carbocycles. The monoisotopic (exact) mass is 284 g/mol. The summed E-state index contributed by atoms with van der Waals surface area (Å²) in [4.78, 5) is 0. The van der Waals surface area contributed by atoms with Gasteiger partial charge in [-0.3, -0.25) is 11.3 Å². The topological polar surface area (TPSA) is 38.0 Å². The van der Waals surface area contributed by atoms with Crippen LogP contribution in [0.1, 0.15) is 46.1 Å². The van der Waals surface area contributed by atoms with E-state index in [2.05, 4.69) is 33.1 Å². The Kier molecular flexibility index (Phi) is 6.08. The third kappa shape index (κ3) is 5.55. The van der Waals surface area contributed by atoms with Crippen molar-refractivity contribution in [2.24, 2.45) is 17.2 Å². The standard InChI is InChI=1S/C16H26F2N2/c1-11(10-16(2,3)4)8-12(20-19)9-13-14(17)6-5-7-15(13)18/h5-7,11-12,20H,8-10,19H2,1-4H3. The second kappa shape index (κ2) is 7.14. The molecule has 1 rings (SSSR count). The third-order valence-electron chi connectivity index (χ3n) is 3.40. The zero-order valence-corrected chi connectivity index (χ0v) is 12.8. The van der Waals surface area contributed by atoms with Gasteiger partial charge in [0.15, 0.2) is 0 Å². The minimum Gasteiger partial charge on any atom is -0.271 e. The highest BCUT2D eigenvalue weighted by Gasteiger charge is 2.20. The molecule has 2 nitrogen and oxygen atoms in total. The molecule has 2 unspecified atom stereocenters. The first-order valence-corrected chi connectivity index (χ1v) is 7.12. The number of hydrazine groups is 1. The van der Waals surface area contributed by atoms with E-state index in [-0.39, 0.29) is 23.4 Å². The Labute approximate surface area is 120 Å². The van der Waals surface area contributed by atoms with E-state index in [4.69, 9.17) is 5.84 Å². The maximum atomic E-state index is 13.6. The SMILES string of the molecule is CC(CC(Cc1c(F)cccc1F)NN)CC(C)(C)C. The lowest BCUT2D eigenvalue weighted by Crippen LogP contribution is -2.38. The van der Waals surface area contributed by atoms with Crippen LogP contribution in [-0.2, 0) is 6.42 Å². The average Bonchev–Trinajstić information content (AvgIpc) is 2.30. The highest BCUT2D eigenvalue weighted by molar-refractivity contribution is 5.20. The van der Waals surface area contributed by atoms with Gasteiger partial charge in [0.1, 0.15) is 11.6 Å². The molecule has 0 radical (unpaired) electrons. The van der Waals surface area contributed by atoms with Gasteiger partial charge in [0.05, 0.1) is 0 Å². The van der Waals surface area contributed by atoms with Crippen molar-refractivity contribution < 1.29 is 8.78 Å². The van der Waals surface area contributed by atoms with Crippen LogP contribution >= 0.6 is 0 Å². The van der Waals surface area contributed by atoms with E-state index < -0.39 is 11.6 Å². The van der Waals surface area contributed by atoms with Gasteiger partial charge in [-0.05, 0) is 42.7 Å². The van der Waals surface area contributed by atoms with Gasteiger partial charge in [-0.2, -0.15) is 0 Å². The van der Waals surface area contributed by atoms with Crippen LogP contribution in [0.15, 0.2) is 18.2 Å². The van der Waals surface area contributed by atoms with E-state index in [0.29, 0.717) is 5.92 Å². The van der Waals surface area contributed by atoms with Gasteiger partial charge in [-0.25, -0.2) is 8.78 Å². The van der Waals surface area contributed by atoms with Gasteiger partial charge in [0.25, 0.3) is 0 Å². The number of rotatable bonds is 6. The molecule has 3 N–H and O–H groups in total. The van der Waals surface area contributed by atoms with E-state index in [0.717, 1.165) is 12.8 Å². The van der Waals surface area contributed by atoms with Crippen LogP contribution in [0.2, 0.25) is 0 Å². The molecular formula is C16H26F2N2. The Morgan fingerprint density at radius 3 is 2.20 bits per heavy atom. The van der Waals surface area contributed by atoms with Crippen molar-refractivity contribution in [3.63, 3.8) is 0 Å². The van der Waals surface area contributed by atoms with Crippen molar-refractivity contribution in [1.82, 2.24) is 5.43 Å². The molecule has 20 heavy (non-hydrogen) atoms. The molecule has 0 fully saturated rings. The Bertz CT molecular complexity index is 407. The molecule has 2 atom stereocenters. The van der Waals surface area contributed by atoms with Crippen molar-refractivity contribution in [2.75, 3.05) is 0 Å². The first-order chi connectivity index (χ1) is 9.23. The van der Waals surface area contributed by atoms with Crippen LogP contribution in [0.25, 0.3) is 0 Å². The summed E-state index contributed by atoms with van der Waals surface area (Å²) < 4.78 is 27.3. The van der Waals surface area contributed by atoms with Crippen LogP contribution in [0.4, 0.5) is 8.78 Å². The van der Waals surface area contributed by atoms with Crippen molar-refractivity contribution in [3.8, 4) is 0 Å². The van der Waals surface area contributed by atoms with Crippen molar-refractivity contribution in [2.45, 2.75) is 53.0 Å². The summed E-state index contributed by atoms with van der Waals surface area (Å²) in [5.74, 6) is 4.96. The molecular weight excluding hydrogens is 258 g/mol. The van der Waals surface area contributed by atoms with Gasteiger partial charge < -0.3 is 0 Å². The van der Waals surface area contributed by atoms with Crippen LogP contribution in [0.5, 0.6) is 0 Å². The van der Waals surface area contributed by atoms with Crippen molar-refractivity contribution in [1.29, 1.82) is 0 Å². The zero-order valence-electron chi connectivity index (χ0n) is 12.8. The molecule has 0 heterocycles. The largest absolute Gasteiger partial charge is 0.271 e. The lowest BCUT2D eigenvalue weighted by molar-refractivity contribution is 0.273. The molecule has 0 aliphatic carbocycles. The number of hydrogen-bond acceptors (Lipinski definition) is 2. The Morgan fingerprint density at radius 2 is 1.75 bits per heavy atom. The maximum absolute atomic E-state index is 13.6. The van der Waals surface area contributed by atoms with Gasteiger partial charge in [-0.1, -0.05) is 33.8 Å². The fraction of sp³-hybridized carbons (Fsp3) is 0.625. The number of nitrogens with one attached hydrogen (secondary N) is 1. The molecule has 4 heteroatoms. The van der Waals surface area contributed by atoms with Gasteiger partial charge in [0, 0.05) is 11.6 Å². The first-order valence-electron chi connectivity index (χ1n) is 7.12. The fourth-order valence-corrected chi connectivity index (χ4v) is 2.80. The molecule has 0 aromatic heterocycles. The minimum absolute atomic E-state index is 0.110. The predicted octanol–water partition coefficient (Wildman–Crippen LogP) is 3.80. The molecule has 0 bridgehead atoms. The van der Waals surface area contributed by atoms with E-state index >= 15 is 0 Å². The lowest BCUT2D eigenvalue weighted by Gasteiger charge is -2.26. The van der Waals surface area contributed by atoms with Crippen LogP contribution in [0, 0.1) is 23.0 Å². The summed E-state index contributed by atoms with van der Waals surface area (Å²) in [7, 11) is 0. The minimum atomic E-state index is -0.506. The Morgan fingerprint density at radius 1 is 1.20 bits per heavy atom. The van der Waals surface area contributed by atoms with Gasteiger partial charge in [0.2, 0.25) is 0 Å². The molecule has 0 saturated carbocycles. The van der Waals surface area contributed by atoms with Crippen LogP contribution < -0.4 is 11.3 Å². The predicted molar refractivity (Wildman–Crippen MR) is 79.0 cm³/mol. The fourth-order valence-electron chi connectivity index (χ4n) is 2.80. The molecule has 0 aliphatic heterocycles. The van der Waals surface area contributed by atoms with Crippen LogP contribution in [0.3, 0.4) is 0 Å². The highest BCUT2D eigenvalue weighted by Crippen LogP contribution is 2.27. The van der Waals surface area contributed by atoms with E-state index in [9.17, 15) is 8.78 Å². The van der Waals surface area contributed by atoms with Gasteiger partial charge >= 0.3 is 0 Å². The highest BCUT2D eigenvalue weighted by atomic mass is 19.1. The Balaban J connectivity index is 2.68.